The third-order valence-electron chi connectivity index (χ3n) is 6.87. The molecule has 3 aromatic rings. The zero-order chi connectivity index (χ0) is 22.8. The molecule has 2 aromatic carbocycles. The van der Waals surface area contributed by atoms with Gasteiger partial charge in [0.1, 0.15) is 18.0 Å². The summed E-state index contributed by atoms with van der Waals surface area (Å²) in [5.74, 6) is 0.842. The van der Waals surface area contributed by atoms with Gasteiger partial charge in [-0.05, 0) is 53.3 Å². The van der Waals surface area contributed by atoms with Gasteiger partial charge in [-0.15, -0.1) is 0 Å². The van der Waals surface area contributed by atoms with E-state index < -0.39 is 0 Å². The number of carbonyl (C=O) groups is 1. The van der Waals surface area contributed by atoms with Crippen LogP contribution in [0.1, 0.15) is 24.0 Å². The number of hydrogen-bond donors (Lipinski definition) is 1. The van der Waals surface area contributed by atoms with Crippen molar-refractivity contribution in [1.29, 1.82) is 0 Å². The molecule has 1 amide bonds. The maximum absolute atomic E-state index is 11.8. The van der Waals surface area contributed by atoms with Gasteiger partial charge >= 0.3 is 6.09 Å². The molecule has 0 radical (unpaired) electrons. The number of benzene rings is 2. The third-order valence-corrected chi connectivity index (χ3v) is 6.87. The third kappa shape index (κ3) is 4.73. The van der Waals surface area contributed by atoms with E-state index in [0.717, 1.165) is 61.1 Å². The first-order chi connectivity index (χ1) is 16.0. The number of rotatable bonds is 6. The number of nitrogens with one attached hydrogen (secondary N) is 1. The highest BCUT2D eigenvalue weighted by Gasteiger charge is 2.42. The fourth-order valence-electron chi connectivity index (χ4n) is 4.70. The van der Waals surface area contributed by atoms with Crippen molar-refractivity contribution in [2.24, 2.45) is 7.05 Å². The minimum Gasteiger partial charge on any atom is -0.489 e. The number of ether oxygens (including phenoxy) is 2. The lowest BCUT2D eigenvalue weighted by atomic mass is 9.91. The van der Waals surface area contributed by atoms with Gasteiger partial charge in [-0.2, -0.15) is 0 Å². The predicted molar refractivity (Wildman–Crippen MR) is 127 cm³/mol. The lowest BCUT2D eigenvalue weighted by molar-refractivity contribution is 0.00123. The van der Waals surface area contributed by atoms with Crippen molar-refractivity contribution in [3.05, 3.63) is 76.1 Å². The summed E-state index contributed by atoms with van der Waals surface area (Å²) in [4.78, 5) is 25.6. The Morgan fingerprint density at radius 1 is 1.00 bits per heavy atom. The van der Waals surface area contributed by atoms with Gasteiger partial charge < -0.3 is 24.3 Å². The summed E-state index contributed by atoms with van der Waals surface area (Å²) in [5.41, 5.74) is 2.97. The second kappa shape index (κ2) is 8.90. The van der Waals surface area contributed by atoms with Gasteiger partial charge in [0, 0.05) is 45.6 Å². The Bertz CT molecular complexity index is 1210. The zero-order valence-corrected chi connectivity index (χ0v) is 18.9. The number of hydrogen-bond acceptors (Lipinski definition) is 5. The van der Waals surface area contributed by atoms with Crippen LogP contribution in [0.15, 0.2) is 59.4 Å². The Hall–Kier alpha value is -3.32. The van der Waals surface area contributed by atoms with Crippen molar-refractivity contribution in [3.8, 4) is 5.75 Å². The Morgan fingerprint density at radius 3 is 2.48 bits per heavy atom. The van der Waals surface area contributed by atoms with Gasteiger partial charge in [0.05, 0.1) is 12.1 Å². The SMILES string of the molecule is Cn1c(=O)ccc2cc(COc3ccc(CCN4CCC5(CC4)CNC(=O)O5)cc3)ccc21. The molecule has 2 saturated heterocycles. The molecule has 0 unspecified atom stereocenters. The van der Waals surface area contributed by atoms with Crippen LogP contribution in [-0.2, 0) is 24.8 Å². The van der Waals surface area contributed by atoms with Crippen molar-refractivity contribution in [3.63, 3.8) is 0 Å². The molecule has 7 nitrogen and oxygen atoms in total. The smallest absolute Gasteiger partial charge is 0.407 e. The molecule has 1 spiro atoms. The van der Waals surface area contributed by atoms with Crippen molar-refractivity contribution in [1.82, 2.24) is 14.8 Å². The van der Waals surface area contributed by atoms with Gasteiger partial charge in [0.25, 0.3) is 5.56 Å². The standard InChI is InChI=1S/C26H29N3O4/c1-28-23-8-4-20(16-21(23)5-9-24(28)30)17-32-22-6-2-19(3-7-22)10-13-29-14-11-26(12-15-29)18-27-25(31)33-26/h2-9,16H,10-15,17-18H2,1H3,(H,27,31). The number of nitrogens with zero attached hydrogens (tertiary/aromatic N) is 2. The fourth-order valence-corrected chi connectivity index (χ4v) is 4.70. The number of amides is 1. The number of aromatic nitrogens is 1. The van der Waals surface area contributed by atoms with Gasteiger partial charge in [-0.25, -0.2) is 4.79 Å². The summed E-state index contributed by atoms with van der Waals surface area (Å²) in [7, 11) is 1.79. The van der Waals surface area contributed by atoms with E-state index in [2.05, 4.69) is 28.4 Å². The molecule has 7 heteroatoms. The molecular weight excluding hydrogens is 418 g/mol. The van der Waals surface area contributed by atoms with Crippen LogP contribution >= 0.6 is 0 Å². The van der Waals surface area contributed by atoms with E-state index >= 15 is 0 Å². The Balaban J connectivity index is 1.11. The Morgan fingerprint density at radius 2 is 1.76 bits per heavy atom. The number of pyridine rings is 1. The van der Waals surface area contributed by atoms with E-state index in [0.29, 0.717) is 13.2 Å². The molecule has 0 atom stereocenters. The highest BCUT2D eigenvalue weighted by molar-refractivity contribution is 5.79. The van der Waals surface area contributed by atoms with E-state index in [4.69, 9.17) is 9.47 Å². The largest absolute Gasteiger partial charge is 0.489 e. The Kier molecular flexibility index (Phi) is 5.81. The first-order valence-electron chi connectivity index (χ1n) is 11.5. The van der Waals surface area contributed by atoms with Crippen LogP contribution in [0.2, 0.25) is 0 Å². The van der Waals surface area contributed by atoms with Gasteiger partial charge in [0.2, 0.25) is 0 Å². The topological polar surface area (TPSA) is 72.8 Å². The number of aryl methyl sites for hydroxylation is 1. The van der Waals surface area contributed by atoms with Crippen LogP contribution in [0.3, 0.4) is 0 Å². The molecule has 33 heavy (non-hydrogen) atoms. The van der Waals surface area contributed by atoms with Crippen molar-refractivity contribution in [2.45, 2.75) is 31.5 Å². The van der Waals surface area contributed by atoms with Gasteiger partial charge in [-0.1, -0.05) is 18.2 Å². The summed E-state index contributed by atoms with van der Waals surface area (Å²) in [6.45, 7) is 4.02. The summed E-state index contributed by atoms with van der Waals surface area (Å²) >= 11 is 0. The molecule has 0 aliphatic carbocycles. The summed E-state index contributed by atoms with van der Waals surface area (Å²) in [5, 5.41) is 3.81. The quantitative estimate of drug-likeness (QED) is 0.628. The molecule has 0 bridgehead atoms. The second-order valence-corrected chi connectivity index (χ2v) is 9.07. The molecule has 3 heterocycles. The van der Waals surface area contributed by atoms with E-state index in [1.165, 1.54) is 5.56 Å². The molecule has 0 saturated carbocycles. The average Bonchev–Trinajstić information content (AvgIpc) is 3.20. The van der Waals surface area contributed by atoms with Crippen LogP contribution in [-0.4, -0.2) is 47.3 Å². The maximum atomic E-state index is 11.8. The molecule has 1 aromatic heterocycles. The first-order valence-corrected chi connectivity index (χ1v) is 11.5. The van der Waals surface area contributed by atoms with Crippen molar-refractivity contribution >= 4 is 17.0 Å². The maximum Gasteiger partial charge on any atom is 0.407 e. The lowest BCUT2D eigenvalue weighted by Gasteiger charge is -2.37. The van der Waals surface area contributed by atoms with Crippen LogP contribution in [0.4, 0.5) is 4.79 Å². The van der Waals surface area contributed by atoms with E-state index in [-0.39, 0.29) is 17.3 Å². The molecule has 172 valence electrons. The van der Waals surface area contributed by atoms with Gasteiger partial charge in [0.15, 0.2) is 0 Å². The number of alkyl carbamates (subject to hydrolysis) is 1. The summed E-state index contributed by atoms with van der Waals surface area (Å²) in [6.07, 6.45) is 2.49. The average molecular weight is 448 g/mol. The number of carbonyl (C=O) groups excluding carboxylic acids is 1. The van der Waals surface area contributed by atoms with Crippen LogP contribution in [0.25, 0.3) is 10.9 Å². The van der Waals surface area contributed by atoms with Crippen LogP contribution < -0.4 is 15.6 Å². The normalized spacial score (nSPS) is 17.8. The van der Waals surface area contributed by atoms with Gasteiger partial charge in [-0.3, -0.25) is 4.79 Å². The minimum absolute atomic E-state index is 0.00703. The molecule has 1 N–H and O–H groups in total. The van der Waals surface area contributed by atoms with E-state index in [9.17, 15) is 9.59 Å². The summed E-state index contributed by atoms with van der Waals surface area (Å²) in [6, 6.07) is 17.8. The monoisotopic (exact) mass is 447 g/mol. The molecule has 2 fully saturated rings. The van der Waals surface area contributed by atoms with Crippen LogP contribution in [0.5, 0.6) is 5.75 Å². The molecule has 2 aliphatic heterocycles. The van der Waals surface area contributed by atoms with Crippen LogP contribution in [0, 0.1) is 0 Å². The first kappa shape index (κ1) is 21.5. The van der Waals surface area contributed by atoms with Crippen molar-refractivity contribution < 1.29 is 14.3 Å². The highest BCUT2D eigenvalue weighted by atomic mass is 16.6. The van der Waals surface area contributed by atoms with E-state index in [1.54, 1.807) is 17.7 Å². The fraction of sp³-hybridized carbons (Fsp3) is 0.385. The molecular formula is C26H29N3O4. The lowest BCUT2D eigenvalue weighted by Crippen LogP contribution is -2.47. The number of piperidine rings is 1. The minimum atomic E-state index is -0.283. The Labute approximate surface area is 192 Å². The summed E-state index contributed by atoms with van der Waals surface area (Å²) < 4.78 is 13.1. The highest BCUT2D eigenvalue weighted by Crippen LogP contribution is 2.29. The predicted octanol–water partition coefficient (Wildman–Crippen LogP) is 3.23. The molecule has 2 aliphatic rings. The second-order valence-electron chi connectivity index (χ2n) is 9.07. The van der Waals surface area contributed by atoms with Crippen molar-refractivity contribution in [2.75, 3.05) is 26.2 Å². The molecule has 5 rings (SSSR count). The zero-order valence-electron chi connectivity index (χ0n) is 18.9. The number of likely N-dealkylation sites (tertiary alicyclic amines) is 1. The van der Waals surface area contributed by atoms with E-state index in [1.807, 2.05) is 30.3 Å². The number of fused-ring (bicyclic) bond motifs is 1.